The third-order valence-electron chi connectivity index (χ3n) is 3.64. The summed E-state index contributed by atoms with van der Waals surface area (Å²) in [6, 6.07) is 9.58. The van der Waals surface area contributed by atoms with Gasteiger partial charge in [0, 0.05) is 10.0 Å². The Balaban J connectivity index is 1.61. The van der Waals surface area contributed by atoms with Crippen LogP contribution in [-0.4, -0.2) is 22.5 Å². The molecule has 0 aliphatic rings. The van der Waals surface area contributed by atoms with Gasteiger partial charge in [-0.25, -0.2) is 9.97 Å². The summed E-state index contributed by atoms with van der Waals surface area (Å²) in [5.74, 6) is 0.271. The van der Waals surface area contributed by atoms with Crippen molar-refractivity contribution >= 4 is 75.3 Å². The van der Waals surface area contributed by atoms with Gasteiger partial charge in [-0.2, -0.15) is 0 Å². The van der Waals surface area contributed by atoms with Crippen molar-refractivity contribution in [3.8, 4) is 5.75 Å². The molecule has 3 aromatic rings. The molecule has 12 heteroatoms. The summed E-state index contributed by atoms with van der Waals surface area (Å²) in [4.78, 5) is 20.1. The second-order valence-electron chi connectivity index (χ2n) is 5.77. The smallest absolute Gasteiger partial charge is 0.276 e. The second-order valence-corrected chi connectivity index (χ2v) is 7.46. The molecule has 1 amide bonds. The third kappa shape index (κ3) is 5.70. The minimum absolute atomic E-state index is 0.149. The lowest BCUT2D eigenvalue weighted by Gasteiger charge is -2.14. The number of nitrogen functional groups attached to an aromatic ring is 1. The molecule has 156 valence electrons. The van der Waals surface area contributed by atoms with Crippen molar-refractivity contribution in [1.29, 1.82) is 0 Å². The quantitative estimate of drug-likeness (QED) is 0.349. The molecule has 0 saturated heterocycles. The highest BCUT2D eigenvalue weighted by Crippen LogP contribution is 2.31. The second kappa shape index (κ2) is 9.90. The van der Waals surface area contributed by atoms with Gasteiger partial charge in [-0.3, -0.25) is 15.6 Å². The Hall–Kier alpha value is -2.65. The summed E-state index contributed by atoms with van der Waals surface area (Å²) in [7, 11) is 0. The maximum Gasteiger partial charge on any atom is 0.276 e. The molecular formula is C18H14Cl4N6O2. The number of hydrazine groups is 1. The van der Waals surface area contributed by atoms with Crippen LogP contribution in [0, 0.1) is 0 Å². The molecule has 30 heavy (non-hydrogen) atoms. The average molecular weight is 488 g/mol. The van der Waals surface area contributed by atoms with Crippen molar-refractivity contribution in [2.45, 2.75) is 0 Å². The summed E-state index contributed by atoms with van der Waals surface area (Å²) in [5.41, 5.74) is 11.8. The lowest BCUT2D eigenvalue weighted by molar-refractivity contribution is -0.122. The molecule has 0 saturated carbocycles. The van der Waals surface area contributed by atoms with Crippen LogP contribution in [0.3, 0.4) is 0 Å². The number of carbonyl (C=O) groups is 1. The zero-order valence-electron chi connectivity index (χ0n) is 15.0. The molecule has 0 spiro atoms. The number of rotatable bonds is 7. The van der Waals surface area contributed by atoms with E-state index >= 15 is 0 Å². The first kappa shape index (κ1) is 22.0. The highest BCUT2D eigenvalue weighted by molar-refractivity contribution is 6.36. The molecule has 0 unspecified atom stereocenters. The monoisotopic (exact) mass is 486 g/mol. The lowest BCUT2D eigenvalue weighted by Crippen LogP contribution is -2.34. The molecule has 2 aromatic carbocycles. The molecule has 1 aromatic heterocycles. The van der Waals surface area contributed by atoms with Crippen molar-refractivity contribution in [3.05, 3.63) is 62.8 Å². The van der Waals surface area contributed by atoms with Crippen LogP contribution >= 0.6 is 46.4 Å². The van der Waals surface area contributed by atoms with E-state index in [2.05, 4.69) is 26.1 Å². The molecule has 3 rings (SSSR count). The fraction of sp³-hybridized carbons (Fsp3) is 0.0556. The van der Waals surface area contributed by atoms with Crippen molar-refractivity contribution in [3.63, 3.8) is 0 Å². The van der Waals surface area contributed by atoms with Crippen LogP contribution in [0.5, 0.6) is 5.75 Å². The normalized spacial score (nSPS) is 10.4. The number of nitrogens with one attached hydrogen (secondary N) is 3. The Morgan fingerprint density at radius 1 is 0.967 bits per heavy atom. The van der Waals surface area contributed by atoms with E-state index in [1.54, 1.807) is 30.3 Å². The number of anilines is 4. The largest absolute Gasteiger partial charge is 0.482 e. The van der Waals surface area contributed by atoms with Crippen LogP contribution in [-0.2, 0) is 4.79 Å². The van der Waals surface area contributed by atoms with E-state index < -0.39 is 5.91 Å². The van der Waals surface area contributed by atoms with Crippen LogP contribution in [0.4, 0.5) is 23.0 Å². The molecule has 0 atom stereocenters. The molecule has 5 N–H and O–H groups in total. The molecule has 0 aliphatic carbocycles. The first-order valence-corrected chi connectivity index (χ1v) is 9.80. The predicted molar refractivity (Wildman–Crippen MR) is 120 cm³/mol. The highest BCUT2D eigenvalue weighted by Gasteiger charge is 2.12. The predicted octanol–water partition coefficient (Wildman–Crippen LogP) is 4.94. The SMILES string of the molecule is Nc1c(NNC(=O)COc2ccc(Cl)cc2Cl)ncnc1Nc1cc(Cl)ccc1Cl. The zero-order chi connectivity index (χ0) is 21.7. The van der Waals surface area contributed by atoms with Gasteiger partial charge in [0.25, 0.3) is 5.91 Å². The van der Waals surface area contributed by atoms with Gasteiger partial charge < -0.3 is 15.8 Å². The number of aromatic nitrogens is 2. The molecule has 0 aliphatic heterocycles. The van der Waals surface area contributed by atoms with Crippen LogP contribution < -0.4 is 26.6 Å². The number of halogens is 4. The van der Waals surface area contributed by atoms with Gasteiger partial charge in [-0.1, -0.05) is 46.4 Å². The van der Waals surface area contributed by atoms with Gasteiger partial charge in [0.15, 0.2) is 18.2 Å². The first-order valence-electron chi connectivity index (χ1n) is 8.28. The molecule has 8 nitrogen and oxygen atoms in total. The Morgan fingerprint density at radius 3 is 2.43 bits per heavy atom. The fourth-order valence-electron chi connectivity index (χ4n) is 2.22. The van der Waals surface area contributed by atoms with Crippen LogP contribution in [0.2, 0.25) is 20.1 Å². The van der Waals surface area contributed by atoms with E-state index in [0.717, 1.165) is 0 Å². The maximum absolute atomic E-state index is 12.0. The molecule has 0 fully saturated rings. The van der Waals surface area contributed by atoms with E-state index in [4.69, 9.17) is 56.9 Å². The topological polar surface area (TPSA) is 114 Å². The summed E-state index contributed by atoms with van der Waals surface area (Å²) in [6.45, 7) is -0.303. The Kier molecular flexibility index (Phi) is 7.28. The lowest BCUT2D eigenvalue weighted by atomic mass is 10.3. The number of carbonyl (C=O) groups excluding carboxylic acids is 1. The highest BCUT2D eigenvalue weighted by atomic mass is 35.5. The maximum atomic E-state index is 12.0. The molecule has 0 bridgehead atoms. The molecule has 1 heterocycles. The van der Waals surface area contributed by atoms with E-state index in [1.165, 1.54) is 12.4 Å². The van der Waals surface area contributed by atoms with Gasteiger partial charge >= 0.3 is 0 Å². The Bertz CT molecular complexity index is 1080. The van der Waals surface area contributed by atoms with E-state index in [0.29, 0.717) is 31.5 Å². The number of hydrogen-bond acceptors (Lipinski definition) is 7. The standard InChI is InChI=1S/C18H14Cl4N6O2/c19-9-2-4-14(12(22)5-9)30-7-15(29)27-28-18-16(23)17(24-8-25-18)26-13-6-10(20)1-3-11(13)21/h1-6,8H,7,23H2,(H,27,29)(H2,24,25,26,28). The van der Waals surface area contributed by atoms with Crippen molar-refractivity contribution in [2.75, 3.05) is 23.1 Å². The Labute approximate surface area is 191 Å². The summed E-state index contributed by atoms with van der Waals surface area (Å²) in [5, 5.41) is 4.64. The van der Waals surface area contributed by atoms with Gasteiger partial charge in [-0.15, -0.1) is 0 Å². The van der Waals surface area contributed by atoms with Crippen LogP contribution in [0.25, 0.3) is 0 Å². The van der Waals surface area contributed by atoms with Gasteiger partial charge in [0.1, 0.15) is 17.8 Å². The van der Waals surface area contributed by atoms with Gasteiger partial charge in [-0.05, 0) is 36.4 Å². The van der Waals surface area contributed by atoms with Gasteiger partial charge in [0.2, 0.25) is 0 Å². The number of benzene rings is 2. The summed E-state index contributed by atoms with van der Waals surface area (Å²) < 4.78 is 5.35. The number of ether oxygens (including phenoxy) is 1. The van der Waals surface area contributed by atoms with Crippen LogP contribution in [0.15, 0.2) is 42.7 Å². The number of amides is 1. The third-order valence-corrected chi connectivity index (χ3v) is 4.73. The average Bonchev–Trinajstić information content (AvgIpc) is 2.70. The zero-order valence-corrected chi connectivity index (χ0v) is 18.1. The van der Waals surface area contributed by atoms with E-state index in [9.17, 15) is 4.79 Å². The number of nitrogens with two attached hydrogens (primary N) is 1. The number of nitrogens with zero attached hydrogens (tertiary/aromatic N) is 2. The fourth-order valence-corrected chi connectivity index (χ4v) is 3.02. The summed E-state index contributed by atoms with van der Waals surface area (Å²) in [6.07, 6.45) is 1.26. The summed E-state index contributed by atoms with van der Waals surface area (Å²) >= 11 is 23.9. The van der Waals surface area contributed by atoms with Crippen molar-refractivity contribution in [1.82, 2.24) is 15.4 Å². The van der Waals surface area contributed by atoms with E-state index in [1.807, 2.05) is 0 Å². The van der Waals surface area contributed by atoms with Crippen LogP contribution in [0.1, 0.15) is 0 Å². The molecular weight excluding hydrogens is 474 g/mol. The molecule has 0 radical (unpaired) electrons. The van der Waals surface area contributed by atoms with Crippen molar-refractivity contribution in [2.24, 2.45) is 0 Å². The number of hydrogen-bond donors (Lipinski definition) is 4. The van der Waals surface area contributed by atoms with E-state index in [-0.39, 0.29) is 23.9 Å². The minimum Gasteiger partial charge on any atom is -0.482 e. The first-order chi connectivity index (χ1) is 14.3. The van der Waals surface area contributed by atoms with Crippen molar-refractivity contribution < 1.29 is 9.53 Å². The minimum atomic E-state index is -0.494. The Morgan fingerprint density at radius 2 is 1.67 bits per heavy atom. The van der Waals surface area contributed by atoms with Gasteiger partial charge in [0.05, 0.1) is 15.7 Å².